The topological polar surface area (TPSA) is 237 Å². The van der Waals surface area contributed by atoms with Crippen LogP contribution in [0.4, 0.5) is 0 Å². The third kappa shape index (κ3) is 62.6. The zero-order chi connectivity index (χ0) is 64.3. The van der Waals surface area contributed by atoms with Crippen molar-refractivity contribution in [1.29, 1.82) is 0 Å². The Morgan fingerprint density at radius 2 is 0.529 bits per heavy atom. The molecule has 17 nitrogen and oxygen atoms in total. The van der Waals surface area contributed by atoms with Gasteiger partial charge in [-0.25, -0.2) is 9.13 Å². The van der Waals surface area contributed by atoms with Gasteiger partial charge in [0.05, 0.1) is 26.4 Å². The predicted molar refractivity (Wildman–Crippen MR) is 349 cm³/mol. The number of carbonyl (C=O) groups excluding carboxylic acids is 4. The van der Waals surface area contributed by atoms with E-state index in [2.05, 4.69) is 41.5 Å². The average molecular weight is 1280 g/mol. The maximum absolute atomic E-state index is 13.0. The van der Waals surface area contributed by atoms with Crippen molar-refractivity contribution in [2.75, 3.05) is 39.6 Å². The number of phosphoric acid groups is 2. The summed E-state index contributed by atoms with van der Waals surface area (Å²) in [5.74, 6) is -0.666. The van der Waals surface area contributed by atoms with Gasteiger partial charge in [-0.05, 0) is 37.5 Å². The minimum Gasteiger partial charge on any atom is -0.462 e. The van der Waals surface area contributed by atoms with E-state index >= 15 is 0 Å². The molecule has 0 rings (SSSR count). The number of rotatable bonds is 67. The van der Waals surface area contributed by atoms with Crippen LogP contribution in [0.25, 0.3) is 0 Å². The summed E-state index contributed by atoms with van der Waals surface area (Å²) in [4.78, 5) is 72.3. The molecule has 0 aromatic rings. The molecule has 5 atom stereocenters. The van der Waals surface area contributed by atoms with Gasteiger partial charge in [0, 0.05) is 25.7 Å². The third-order valence-corrected chi connectivity index (χ3v) is 17.6. The molecule has 3 N–H and O–H groups in total. The number of hydrogen-bond acceptors (Lipinski definition) is 15. The number of phosphoric ester groups is 2. The molecule has 0 heterocycles. The van der Waals surface area contributed by atoms with Crippen molar-refractivity contribution in [2.45, 2.75) is 362 Å². The Hall–Kier alpha value is -1.94. The van der Waals surface area contributed by atoms with Crippen LogP contribution < -0.4 is 0 Å². The van der Waals surface area contributed by atoms with E-state index < -0.39 is 97.5 Å². The molecule has 0 saturated carbocycles. The highest BCUT2D eigenvalue weighted by molar-refractivity contribution is 7.47. The van der Waals surface area contributed by atoms with Crippen LogP contribution in [0.5, 0.6) is 0 Å². The highest BCUT2D eigenvalue weighted by atomic mass is 31.2. The molecule has 0 aromatic carbocycles. The van der Waals surface area contributed by atoms with Crippen molar-refractivity contribution in [3.8, 4) is 0 Å². The third-order valence-electron chi connectivity index (χ3n) is 15.7. The van der Waals surface area contributed by atoms with Crippen LogP contribution >= 0.6 is 15.6 Å². The number of carbonyl (C=O) groups is 4. The minimum atomic E-state index is -4.95. The van der Waals surface area contributed by atoms with E-state index in [1.54, 1.807) is 0 Å². The predicted octanol–water partition coefficient (Wildman–Crippen LogP) is 19.2. The molecular formula is C68H132O17P2. The van der Waals surface area contributed by atoms with Crippen LogP contribution in [-0.4, -0.2) is 96.7 Å². The highest BCUT2D eigenvalue weighted by Crippen LogP contribution is 2.45. The normalized spacial score (nSPS) is 14.2. The molecule has 0 spiro atoms. The van der Waals surface area contributed by atoms with Crippen molar-refractivity contribution in [1.82, 2.24) is 0 Å². The quantitative estimate of drug-likeness (QED) is 0.0222. The van der Waals surface area contributed by atoms with Crippen LogP contribution in [0.15, 0.2) is 0 Å². The lowest BCUT2D eigenvalue weighted by molar-refractivity contribution is -0.161. The Balaban J connectivity index is 5.20. The largest absolute Gasteiger partial charge is 0.472 e. The molecule has 19 heteroatoms. The monoisotopic (exact) mass is 1280 g/mol. The first kappa shape index (κ1) is 85.1. The minimum absolute atomic E-state index is 0.103. The summed E-state index contributed by atoms with van der Waals surface area (Å²) in [7, 11) is -9.89. The number of ether oxygens (including phenoxy) is 4. The molecule has 0 fully saturated rings. The SMILES string of the molecule is CCCCCCCCCCCCCCCCCCC(=O)O[C@H](COC(=O)CCCCCCCCCCCCCC(C)C)COP(=O)(O)OC[C@@H](O)COP(=O)(O)OC[C@@H](COC(=O)CCCCCCCCC)OC(=O)CCCCCCCCCC(C)C. The summed E-state index contributed by atoms with van der Waals surface area (Å²) in [5, 5.41) is 10.6. The Morgan fingerprint density at radius 1 is 0.310 bits per heavy atom. The summed E-state index contributed by atoms with van der Waals surface area (Å²) >= 11 is 0. The zero-order valence-electron chi connectivity index (χ0n) is 56.3. The molecule has 0 amide bonds. The van der Waals surface area contributed by atoms with Crippen LogP contribution in [0.3, 0.4) is 0 Å². The maximum atomic E-state index is 13.0. The van der Waals surface area contributed by atoms with Gasteiger partial charge in [-0.15, -0.1) is 0 Å². The van der Waals surface area contributed by atoms with Gasteiger partial charge >= 0.3 is 39.5 Å². The fourth-order valence-electron chi connectivity index (χ4n) is 10.2. The summed E-state index contributed by atoms with van der Waals surface area (Å²) in [6.07, 6.45) is 44.6. The lowest BCUT2D eigenvalue weighted by atomic mass is 10.0. The first-order valence-corrected chi connectivity index (χ1v) is 38.5. The number of aliphatic hydroxyl groups is 1. The van der Waals surface area contributed by atoms with Crippen molar-refractivity contribution in [3.05, 3.63) is 0 Å². The van der Waals surface area contributed by atoms with E-state index in [1.165, 1.54) is 148 Å². The molecule has 0 radical (unpaired) electrons. The molecular weight excluding hydrogens is 1150 g/mol. The maximum Gasteiger partial charge on any atom is 0.472 e. The van der Waals surface area contributed by atoms with Gasteiger partial charge in [-0.2, -0.15) is 0 Å². The van der Waals surface area contributed by atoms with E-state index in [4.69, 9.17) is 37.0 Å². The van der Waals surface area contributed by atoms with Gasteiger partial charge in [-0.3, -0.25) is 37.3 Å². The van der Waals surface area contributed by atoms with E-state index in [0.29, 0.717) is 31.6 Å². The second kappa shape index (κ2) is 60.3. The lowest BCUT2D eigenvalue weighted by Crippen LogP contribution is -2.30. The number of hydrogen-bond donors (Lipinski definition) is 3. The molecule has 0 aliphatic carbocycles. The zero-order valence-corrected chi connectivity index (χ0v) is 58.1. The Bertz CT molecular complexity index is 1700. The molecule has 0 aliphatic heterocycles. The van der Waals surface area contributed by atoms with Crippen LogP contribution in [-0.2, 0) is 65.4 Å². The average Bonchev–Trinajstić information content (AvgIpc) is 3.70. The van der Waals surface area contributed by atoms with Crippen molar-refractivity contribution >= 4 is 39.5 Å². The molecule has 516 valence electrons. The fourth-order valence-corrected chi connectivity index (χ4v) is 11.8. The second-order valence-corrected chi connectivity index (χ2v) is 28.4. The molecule has 0 bridgehead atoms. The van der Waals surface area contributed by atoms with Crippen LogP contribution in [0, 0.1) is 11.8 Å². The lowest BCUT2D eigenvalue weighted by Gasteiger charge is -2.21. The highest BCUT2D eigenvalue weighted by Gasteiger charge is 2.30. The summed E-state index contributed by atoms with van der Waals surface area (Å²) in [6, 6.07) is 0. The van der Waals surface area contributed by atoms with Gasteiger partial charge in [0.25, 0.3) is 0 Å². The van der Waals surface area contributed by atoms with Gasteiger partial charge in [-0.1, -0.05) is 292 Å². The van der Waals surface area contributed by atoms with Crippen LogP contribution in [0.2, 0.25) is 0 Å². The molecule has 0 saturated heterocycles. The Kier molecular flexibility index (Phi) is 59.0. The van der Waals surface area contributed by atoms with E-state index in [1.807, 2.05) is 0 Å². The van der Waals surface area contributed by atoms with E-state index in [0.717, 1.165) is 109 Å². The summed E-state index contributed by atoms with van der Waals surface area (Å²) in [6.45, 7) is 9.43. The number of esters is 4. The smallest absolute Gasteiger partial charge is 0.462 e. The molecule has 87 heavy (non-hydrogen) atoms. The van der Waals surface area contributed by atoms with Crippen molar-refractivity contribution in [3.63, 3.8) is 0 Å². The first-order chi connectivity index (χ1) is 41.9. The van der Waals surface area contributed by atoms with Crippen molar-refractivity contribution in [2.24, 2.45) is 11.8 Å². The Morgan fingerprint density at radius 3 is 0.782 bits per heavy atom. The Labute approximate surface area is 530 Å². The molecule has 0 aliphatic rings. The second-order valence-electron chi connectivity index (χ2n) is 25.5. The van der Waals surface area contributed by atoms with Crippen molar-refractivity contribution < 1.29 is 80.2 Å². The number of unbranched alkanes of at least 4 members (excludes halogenated alkanes) is 37. The first-order valence-electron chi connectivity index (χ1n) is 35.5. The summed E-state index contributed by atoms with van der Waals surface area (Å²) < 4.78 is 68.1. The summed E-state index contributed by atoms with van der Waals surface area (Å²) in [5.41, 5.74) is 0. The van der Waals surface area contributed by atoms with Crippen LogP contribution in [0.1, 0.15) is 343 Å². The molecule has 0 aromatic heterocycles. The van der Waals surface area contributed by atoms with Gasteiger partial charge in [0.2, 0.25) is 0 Å². The number of aliphatic hydroxyl groups excluding tert-OH is 1. The standard InChI is InChI=1S/C68H132O17P2/c1-7-9-11-13-15-16-17-18-19-20-21-24-28-34-40-46-52-67(72)84-64(57-79-66(71)51-45-39-33-27-25-22-23-26-31-36-42-48-60(3)4)59-83-87(76,77)81-55-62(69)54-80-86(74,75)82-58-63(56-78-65(70)50-44-38-30-14-12-10-8-2)85-68(73)53-47-41-35-29-32-37-43-49-61(5)6/h60-64,69H,7-59H2,1-6H3,(H,74,75)(H,76,77)/t62-,63+,64+/m0/s1. The van der Waals surface area contributed by atoms with E-state index in [-0.39, 0.29) is 25.7 Å². The molecule has 2 unspecified atom stereocenters. The fraction of sp³-hybridized carbons (Fsp3) is 0.941. The van der Waals surface area contributed by atoms with Gasteiger partial charge in [0.15, 0.2) is 12.2 Å². The van der Waals surface area contributed by atoms with E-state index in [9.17, 15) is 43.2 Å². The van der Waals surface area contributed by atoms with Gasteiger partial charge < -0.3 is 33.8 Å². The van der Waals surface area contributed by atoms with Gasteiger partial charge in [0.1, 0.15) is 19.3 Å².